The van der Waals surface area contributed by atoms with Crippen molar-refractivity contribution in [3.8, 4) is 11.4 Å². The Kier molecular flexibility index (Phi) is 2.29. The van der Waals surface area contributed by atoms with Crippen molar-refractivity contribution in [2.75, 3.05) is 7.11 Å². The van der Waals surface area contributed by atoms with Crippen molar-refractivity contribution in [2.45, 2.75) is 0 Å². The average Bonchev–Trinajstić information content (AvgIpc) is 3.11. The summed E-state index contributed by atoms with van der Waals surface area (Å²) in [7, 11) is 1.68. The van der Waals surface area contributed by atoms with Gasteiger partial charge >= 0.3 is 0 Å². The largest absolute Gasteiger partial charge is 0.497 e. The maximum Gasteiger partial charge on any atom is 0.131 e. The molecule has 0 unspecified atom stereocenters. The van der Waals surface area contributed by atoms with E-state index in [2.05, 4.69) is 27.9 Å². The topological polar surface area (TPSA) is 40.2 Å². The van der Waals surface area contributed by atoms with Crippen molar-refractivity contribution in [2.24, 2.45) is 0 Å². The molecule has 0 aliphatic heterocycles. The van der Waals surface area contributed by atoms with Gasteiger partial charge in [0.15, 0.2) is 0 Å². The number of hydrogen-bond donors (Lipinski definition) is 0. The first kappa shape index (κ1) is 11.1. The summed E-state index contributed by atoms with van der Waals surface area (Å²) in [6.07, 6.45) is 3.70. The number of rotatable bonds is 2. The normalized spacial score (nSPS) is 11.2. The molecule has 0 bridgehead atoms. The Bertz CT molecular complexity index is 905. The number of ether oxygens (including phenoxy) is 1. The van der Waals surface area contributed by atoms with Crippen LogP contribution in [0, 0.1) is 0 Å². The summed E-state index contributed by atoms with van der Waals surface area (Å²) in [6.45, 7) is 0. The first-order valence-corrected chi connectivity index (χ1v) is 6.35. The highest BCUT2D eigenvalue weighted by Gasteiger charge is 2.06. The second-order valence-corrected chi connectivity index (χ2v) is 4.67. The van der Waals surface area contributed by atoms with Crippen LogP contribution in [0.1, 0.15) is 0 Å². The quantitative estimate of drug-likeness (QED) is 0.553. The summed E-state index contributed by atoms with van der Waals surface area (Å²) in [5, 5.41) is 6.14. The number of nitrogens with zero attached hydrogens (tertiary/aromatic N) is 2. The molecule has 4 rings (SSSR count). The van der Waals surface area contributed by atoms with E-state index in [-0.39, 0.29) is 0 Å². The third-order valence-electron chi connectivity index (χ3n) is 3.52. The summed E-state index contributed by atoms with van der Waals surface area (Å²) in [5.41, 5.74) is 3.05. The van der Waals surface area contributed by atoms with E-state index in [1.165, 1.54) is 0 Å². The van der Waals surface area contributed by atoms with E-state index in [1.807, 2.05) is 30.5 Å². The molecule has 20 heavy (non-hydrogen) atoms. The van der Waals surface area contributed by atoms with Gasteiger partial charge in [0, 0.05) is 22.7 Å². The molecule has 4 nitrogen and oxygen atoms in total. The third kappa shape index (κ3) is 1.58. The zero-order valence-corrected chi connectivity index (χ0v) is 10.9. The standard InChI is InChI=1S/C16H12N2O2/c1-19-14-4-5-16-11(8-14)6-7-18(16)13-3-2-12-10-20-17-15(12)9-13/h2-10H,1H3. The van der Waals surface area contributed by atoms with Crippen LogP contribution in [-0.2, 0) is 0 Å². The average molecular weight is 264 g/mol. The van der Waals surface area contributed by atoms with Gasteiger partial charge in [-0.15, -0.1) is 0 Å². The van der Waals surface area contributed by atoms with Gasteiger partial charge in [-0.25, -0.2) is 0 Å². The van der Waals surface area contributed by atoms with Crippen LogP contribution in [-0.4, -0.2) is 16.8 Å². The number of benzene rings is 2. The molecular weight excluding hydrogens is 252 g/mol. The molecule has 98 valence electrons. The molecule has 0 aliphatic rings. The Hall–Kier alpha value is -2.75. The molecule has 4 heteroatoms. The van der Waals surface area contributed by atoms with E-state index in [1.54, 1.807) is 13.4 Å². The maximum atomic E-state index is 5.25. The lowest BCUT2D eigenvalue weighted by atomic mass is 10.2. The lowest BCUT2D eigenvalue weighted by molar-refractivity contribution is 0.415. The van der Waals surface area contributed by atoms with Crippen LogP contribution in [0.5, 0.6) is 5.75 Å². The van der Waals surface area contributed by atoms with Crippen molar-refractivity contribution >= 4 is 21.8 Å². The van der Waals surface area contributed by atoms with Crippen LogP contribution in [0.25, 0.3) is 27.5 Å². The van der Waals surface area contributed by atoms with E-state index in [9.17, 15) is 0 Å². The van der Waals surface area contributed by atoms with E-state index in [4.69, 9.17) is 9.26 Å². The van der Waals surface area contributed by atoms with Gasteiger partial charge in [-0.1, -0.05) is 5.16 Å². The van der Waals surface area contributed by atoms with Gasteiger partial charge < -0.3 is 13.8 Å². The highest BCUT2D eigenvalue weighted by molar-refractivity contribution is 5.85. The van der Waals surface area contributed by atoms with Gasteiger partial charge in [-0.3, -0.25) is 0 Å². The van der Waals surface area contributed by atoms with Crippen molar-refractivity contribution in [3.63, 3.8) is 0 Å². The lowest BCUT2D eigenvalue weighted by Gasteiger charge is -2.06. The molecule has 2 aromatic heterocycles. The van der Waals surface area contributed by atoms with Crippen molar-refractivity contribution in [1.82, 2.24) is 9.72 Å². The highest BCUT2D eigenvalue weighted by atomic mass is 16.5. The Morgan fingerprint density at radius 3 is 2.90 bits per heavy atom. The van der Waals surface area contributed by atoms with Crippen LogP contribution in [0.2, 0.25) is 0 Å². The number of hydrogen-bond acceptors (Lipinski definition) is 3. The Balaban J connectivity index is 1.92. The molecule has 0 fully saturated rings. The second kappa shape index (κ2) is 4.13. The third-order valence-corrected chi connectivity index (χ3v) is 3.52. The second-order valence-electron chi connectivity index (χ2n) is 4.67. The van der Waals surface area contributed by atoms with Crippen LogP contribution in [0.15, 0.2) is 59.4 Å². The molecule has 0 saturated heterocycles. The zero-order valence-electron chi connectivity index (χ0n) is 10.9. The minimum Gasteiger partial charge on any atom is -0.497 e. The molecule has 4 aromatic rings. The molecule has 0 N–H and O–H groups in total. The summed E-state index contributed by atoms with van der Waals surface area (Å²) in [6, 6.07) is 14.2. The molecule has 2 heterocycles. The molecule has 0 saturated carbocycles. The molecule has 0 atom stereocenters. The van der Waals surface area contributed by atoms with Gasteiger partial charge in [0.2, 0.25) is 0 Å². The SMILES string of the molecule is COc1ccc2c(ccn2-c2ccc3conc3c2)c1. The van der Waals surface area contributed by atoms with E-state index >= 15 is 0 Å². The van der Waals surface area contributed by atoms with Gasteiger partial charge in [0.05, 0.1) is 12.6 Å². The van der Waals surface area contributed by atoms with Crippen LogP contribution in [0.3, 0.4) is 0 Å². The monoisotopic (exact) mass is 264 g/mol. The van der Waals surface area contributed by atoms with Gasteiger partial charge in [-0.05, 0) is 42.5 Å². The highest BCUT2D eigenvalue weighted by Crippen LogP contribution is 2.26. The summed E-state index contributed by atoms with van der Waals surface area (Å²) in [5.74, 6) is 0.863. The van der Waals surface area contributed by atoms with E-state index < -0.39 is 0 Å². The predicted octanol–water partition coefficient (Wildman–Crippen LogP) is 3.78. The molecular formula is C16H12N2O2. The van der Waals surface area contributed by atoms with Crippen molar-refractivity contribution in [1.29, 1.82) is 0 Å². The van der Waals surface area contributed by atoms with Crippen LogP contribution in [0.4, 0.5) is 0 Å². The van der Waals surface area contributed by atoms with E-state index in [0.29, 0.717) is 0 Å². The first-order chi connectivity index (χ1) is 9.85. The molecule has 2 aromatic carbocycles. The minimum atomic E-state index is 0.859. The molecule has 0 radical (unpaired) electrons. The minimum absolute atomic E-state index is 0.859. The van der Waals surface area contributed by atoms with E-state index in [0.717, 1.165) is 33.2 Å². The van der Waals surface area contributed by atoms with Crippen LogP contribution < -0.4 is 4.74 Å². The van der Waals surface area contributed by atoms with Crippen molar-refractivity contribution in [3.05, 3.63) is 54.9 Å². The molecule has 0 spiro atoms. The Labute approximate surface area is 115 Å². The van der Waals surface area contributed by atoms with Gasteiger partial charge in [0.1, 0.15) is 17.5 Å². The first-order valence-electron chi connectivity index (χ1n) is 6.35. The van der Waals surface area contributed by atoms with Crippen LogP contribution >= 0.6 is 0 Å². The fourth-order valence-corrected chi connectivity index (χ4v) is 2.47. The van der Waals surface area contributed by atoms with Gasteiger partial charge in [0.25, 0.3) is 0 Å². The Morgan fingerprint density at radius 2 is 2.00 bits per heavy atom. The molecule has 0 amide bonds. The summed E-state index contributed by atoms with van der Waals surface area (Å²) < 4.78 is 12.4. The molecule has 0 aliphatic carbocycles. The number of aromatic nitrogens is 2. The number of methoxy groups -OCH3 is 1. The zero-order chi connectivity index (χ0) is 13.5. The van der Waals surface area contributed by atoms with Crippen molar-refractivity contribution < 1.29 is 9.26 Å². The summed E-state index contributed by atoms with van der Waals surface area (Å²) in [4.78, 5) is 0. The lowest BCUT2D eigenvalue weighted by Crippen LogP contribution is -1.91. The fourth-order valence-electron chi connectivity index (χ4n) is 2.47. The maximum absolute atomic E-state index is 5.25. The predicted molar refractivity (Wildman–Crippen MR) is 77.4 cm³/mol. The Morgan fingerprint density at radius 1 is 1.05 bits per heavy atom. The summed E-state index contributed by atoms with van der Waals surface area (Å²) >= 11 is 0. The smallest absolute Gasteiger partial charge is 0.131 e. The van der Waals surface area contributed by atoms with Gasteiger partial charge in [-0.2, -0.15) is 0 Å². The fraction of sp³-hybridized carbons (Fsp3) is 0.0625. The number of fused-ring (bicyclic) bond motifs is 2.